The van der Waals surface area contributed by atoms with E-state index in [1.807, 2.05) is 31.2 Å². The van der Waals surface area contributed by atoms with E-state index < -0.39 is 17.5 Å². The number of carbonyl (C=O) groups excluding carboxylic acids is 2. The van der Waals surface area contributed by atoms with Crippen molar-refractivity contribution in [1.82, 2.24) is 9.80 Å². The molecule has 33 heavy (non-hydrogen) atoms. The number of rotatable bonds is 9. The molecule has 184 valence electrons. The van der Waals surface area contributed by atoms with Crippen molar-refractivity contribution < 1.29 is 27.5 Å². The predicted octanol–water partition coefficient (Wildman–Crippen LogP) is 4.83. The Morgan fingerprint density at radius 3 is 2.52 bits per heavy atom. The van der Waals surface area contributed by atoms with Crippen LogP contribution in [0.4, 0.5) is 13.2 Å². The molecule has 3 rings (SSSR count). The number of nitrogens with zero attached hydrogens (tertiary/aromatic N) is 2. The van der Waals surface area contributed by atoms with Gasteiger partial charge in [-0.1, -0.05) is 41.4 Å². The fraction of sp³-hybridized carbons (Fsp3) is 0.667. The van der Waals surface area contributed by atoms with Crippen molar-refractivity contribution in [2.45, 2.75) is 57.7 Å². The van der Waals surface area contributed by atoms with E-state index in [-0.39, 0.29) is 30.9 Å². The van der Waals surface area contributed by atoms with E-state index in [1.165, 1.54) is 7.11 Å². The summed E-state index contributed by atoms with van der Waals surface area (Å²) in [5, 5.41) is 0. The molecule has 1 aromatic rings. The third kappa shape index (κ3) is 6.94. The number of alkyl halides is 3. The summed E-state index contributed by atoms with van der Waals surface area (Å²) in [4.78, 5) is 27.2. The zero-order valence-corrected chi connectivity index (χ0v) is 20.8. The second kappa shape index (κ2) is 10.8. The normalized spacial score (nSPS) is 22.6. The lowest BCUT2D eigenvalue weighted by molar-refractivity contribution is -0.188. The predicted molar refractivity (Wildman–Crippen MR) is 123 cm³/mol. The van der Waals surface area contributed by atoms with Gasteiger partial charge >= 0.3 is 18.1 Å². The third-order valence-electron chi connectivity index (χ3n) is 7.06. The summed E-state index contributed by atoms with van der Waals surface area (Å²) in [6, 6.07) is 7.48. The molecule has 1 unspecified atom stereocenters. The van der Waals surface area contributed by atoms with Crippen molar-refractivity contribution in [3.63, 3.8) is 0 Å². The average molecular weight is 533 g/mol. The van der Waals surface area contributed by atoms with Crippen molar-refractivity contribution in [2.24, 2.45) is 11.3 Å². The number of piperidine rings is 1. The molecule has 0 spiro atoms. The standard InChI is InChI=1S/C24H32BrF3N2O3/c1-3-18-14-20(18)30(22(32)24(26,27)28)16-23(15-17-5-4-6-19(25)13-17)8-11-29(12-9-23)10-7-21(31)33-2/h4-6,13,18,20H,3,7-12,14-16H2,1-2H3/t18?,20-/m1/s1. The first-order valence-corrected chi connectivity index (χ1v) is 12.3. The molecule has 9 heteroatoms. The molecular weight excluding hydrogens is 501 g/mol. The topological polar surface area (TPSA) is 49.9 Å². The van der Waals surface area contributed by atoms with Crippen molar-refractivity contribution >= 4 is 27.8 Å². The second-order valence-corrected chi connectivity index (χ2v) is 10.3. The number of carbonyl (C=O) groups is 2. The average Bonchev–Trinajstić information content (AvgIpc) is 3.55. The largest absolute Gasteiger partial charge is 0.471 e. The minimum atomic E-state index is -4.88. The van der Waals surface area contributed by atoms with Gasteiger partial charge in [0.1, 0.15) is 0 Å². The molecule has 1 aliphatic carbocycles. The minimum Gasteiger partial charge on any atom is -0.469 e. The van der Waals surface area contributed by atoms with Gasteiger partial charge in [0, 0.05) is 23.6 Å². The molecule has 1 saturated carbocycles. The molecule has 5 nitrogen and oxygen atoms in total. The summed E-state index contributed by atoms with van der Waals surface area (Å²) in [7, 11) is 1.36. The lowest BCUT2D eigenvalue weighted by atomic mass is 9.73. The quantitative estimate of drug-likeness (QED) is 0.427. The number of amides is 1. The fourth-order valence-corrected chi connectivity index (χ4v) is 5.44. The van der Waals surface area contributed by atoms with E-state index >= 15 is 0 Å². The third-order valence-corrected chi connectivity index (χ3v) is 7.56. The number of benzene rings is 1. The van der Waals surface area contributed by atoms with Gasteiger partial charge in [-0.15, -0.1) is 0 Å². The summed E-state index contributed by atoms with van der Waals surface area (Å²) in [5.74, 6) is -1.85. The molecule has 1 amide bonds. The first-order chi connectivity index (χ1) is 15.6. The van der Waals surface area contributed by atoms with E-state index in [1.54, 1.807) is 0 Å². The Labute approximate surface area is 201 Å². The number of ether oxygens (including phenoxy) is 1. The molecule has 0 aromatic heterocycles. The SMILES string of the molecule is CCC1C[C@H]1N(CC1(Cc2cccc(Br)c2)CCN(CCC(=O)OC)CC1)C(=O)C(F)(F)F. The molecule has 1 heterocycles. The van der Waals surface area contributed by atoms with Crippen molar-refractivity contribution in [3.8, 4) is 0 Å². The number of hydrogen-bond donors (Lipinski definition) is 0. The zero-order chi connectivity index (χ0) is 24.2. The lowest BCUT2D eigenvalue weighted by Crippen LogP contribution is -2.52. The van der Waals surface area contributed by atoms with Crippen molar-refractivity contribution in [3.05, 3.63) is 34.3 Å². The molecule has 1 aromatic carbocycles. The van der Waals surface area contributed by atoms with Gasteiger partial charge in [-0.05, 0) is 67.8 Å². The molecule has 2 aliphatic rings. The Bertz CT molecular complexity index is 840. The van der Waals surface area contributed by atoms with Crippen LogP contribution in [0, 0.1) is 11.3 Å². The number of hydrogen-bond acceptors (Lipinski definition) is 4. The Hall–Kier alpha value is -1.61. The fourth-order valence-electron chi connectivity index (χ4n) is 4.99. The van der Waals surface area contributed by atoms with E-state index in [0.29, 0.717) is 45.3 Å². The van der Waals surface area contributed by atoms with Gasteiger partial charge in [-0.2, -0.15) is 13.2 Å². The van der Waals surface area contributed by atoms with Crippen LogP contribution in [0.2, 0.25) is 0 Å². The van der Waals surface area contributed by atoms with Crippen molar-refractivity contribution in [1.29, 1.82) is 0 Å². The van der Waals surface area contributed by atoms with Gasteiger partial charge in [-0.25, -0.2) is 0 Å². The lowest BCUT2D eigenvalue weighted by Gasteiger charge is -2.45. The van der Waals surface area contributed by atoms with Crippen LogP contribution in [0.1, 0.15) is 44.6 Å². The van der Waals surface area contributed by atoms with E-state index in [2.05, 4.69) is 20.8 Å². The Balaban J connectivity index is 1.80. The van der Waals surface area contributed by atoms with Gasteiger partial charge < -0.3 is 14.5 Å². The first kappa shape index (κ1) is 26.0. The Kier molecular flexibility index (Phi) is 8.48. The van der Waals surface area contributed by atoms with E-state index in [9.17, 15) is 22.8 Å². The summed E-state index contributed by atoms with van der Waals surface area (Å²) in [6.45, 7) is 3.95. The van der Waals surface area contributed by atoms with Crippen molar-refractivity contribution in [2.75, 3.05) is 33.3 Å². The highest BCUT2D eigenvalue weighted by molar-refractivity contribution is 9.10. The minimum absolute atomic E-state index is 0.101. The zero-order valence-electron chi connectivity index (χ0n) is 19.2. The number of halogens is 4. The van der Waals surface area contributed by atoms with Gasteiger partial charge in [0.15, 0.2) is 0 Å². The molecule has 0 radical (unpaired) electrons. The van der Waals surface area contributed by atoms with Crippen LogP contribution in [0.15, 0.2) is 28.7 Å². The van der Waals surface area contributed by atoms with Crippen LogP contribution in [0.25, 0.3) is 0 Å². The molecular formula is C24H32BrF3N2O3. The van der Waals surface area contributed by atoms with Crippen LogP contribution in [0.5, 0.6) is 0 Å². The molecule has 2 atom stereocenters. The maximum atomic E-state index is 13.5. The molecule has 1 saturated heterocycles. The van der Waals surface area contributed by atoms with Crippen LogP contribution in [-0.2, 0) is 20.7 Å². The molecule has 1 aliphatic heterocycles. The maximum absolute atomic E-state index is 13.5. The first-order valence-electron chi connectivity index (χ1n) is 11.5. The van der Waals surface area contributed by atoms with Crippen LogP contribution in [-0.4, -0.2) is 67.2 Å². The maximum Gasteiger partial charge on any atom is 0.471 e. The summed E-state index contributed by atoms with van der Waals surface area (Å²) in [6.07, 6.45) is -1.27. The van der Waals surface area contributed by atoms with E-state index in [4.69, 9.17) is 4.74 Å². The monoisotopic (exact) mass is 532 g/mol. The van der Waals surface area contributed by atoms with Gasteiger partial charge in [-0.3, -0.25) is 9.59 Å². The number of likely N-dealkylation sites (tertiary alicyclic amines) is 1. The van der Waals surface area contributed by atoms with Gasteiger partial charge in [0.25, 0.3) is 0 Å². The number of esters is 1. The van der Waals surface area contributed by atoms with E-state index in [0.717, 1.165) is 21.4 Å². The number of methoxy groups -OCH3 is 1. The summed E-state index contributed by atoms with van der Waals surface area (Å²) in [5.41, 5.74) is 0.583. The summed E-state index contributed by atoms with van der Waals surface area (Å²) < 4.78 is 46.1. The molecule has 0 bridgehead atoms. The Morgan fingerprint density at radius 1 is 1.27 bits per heavy atom. The Morgan fingerprint density at radius 2 is 1.97 bits per heavy atom. The smallest absolute Gasteiger partial charge is 0.469 e. The van der Waals surface area contributed by atoms with Crippen LogP contribution < -0.4 is 0 Å². The van der Waals surface area contributed by atoms with Gasteiger partial charge in [0.05, 0.1) is 13.5 Å². The van der Waals surface area contributed by atoms with Gasteiger partial charge in [0.2, 0.25) is 0 Å². The summed E-state index contributed by atoms with van der Waals surface area (Å²) >= 11 is 3.48. The highest BCUT2D eigenvalue weighted by atomic mass is 79.9. The van der Waals surface area contributed by atoms with Crippen LogP contribution >= 0.6 is 15.9 Å². The highest BCUT2D eigenvalue weighted by Crippen LogP contribution is 2.44. The molecule has 2 fully saturated rings. The highest BCUT2D eigenvalue weighted by Gasteiger charge is 2.53. The molecule has 0 N–H and O–H groups in total. The van der Waals surface area contributed by atoms with Crippen LogP contribution in [0.3, 0.4) is 0 Å². The second-order valence-electron chi connectivity index (χ2n) is 9.38.